The number of Topliss-reactive ketones (excluding diaryl/α,β-unsaturated/α-hetero) is 1. The van der Waals surface area contributed by atoms with Crippen LogP contribution in [0.3, 0.4) is 0 Å². The van der Waals surface area contributed by atoms with E-state index in [2.05, 4.69) is 5.10 Å². The number of rotatable bonds is 2. The third-order valence-electron chi connectivity index (χ3n) is 1.93. The highest BCUT2D eigenvalue weighted by molar-refractivity contribution is 5.75. The van der Waals surface area contributed by atoms with Gasteiger partial charge in [0.25, 0.3) is 5.56 Å². The molecule has 14 heavy (non-hydrogen) atoms. The van der Waals surface area contributed by atoms with Crippen molar-refractivity contribution in [2.45, 2.75) is 13.5 Å². The molecule has 0 aliphatic carbocycles. The SMILES string of the molecule is CC(=O)Cn1ccn2nccc2c1=O. The predicted molar refractivity (Wildman–Crippen MR) is 50.1 cm³/mol. The molecule has 0 aromatic carbocycles. The van der Waals surface area contributed by atoms with Crippen LogP contribution in [0.25, 0.3) is 5.52 Å². The highest BCUT2D eigenvalue weighted by Crippen LogP contribution is 1.94. The van der Waals surface area contributed by atoms with Crippen LogP contribution in [0.5, 0.6) is 0 Å². The van der Waals surface area contributed by atoms with E-state index in [9.17, 15) is 9.59 Å². The van der Waals surface area contributed by atoms with E-state index < -0.39 is 0 Å². The van der Waals surface area contributed by atoms with Gasteiger partial charge >= 0.3 is 0 Å². The van der Waals surface area contributed by atoms with Gasteiger partial charge < -0.3 is 4.57 Å². The highest BCUT2D eigenvalue weighted by Gasteiger charge is 2.03. The van der Waals surface area contributed by atoms with E-state index in [0.717, 1.165) is 0 Å². The number of carbonyl (C=O) groups is 1. The molecular weight excluding hydrogens is 182 g/mol. The fraction of sp³-hybridized carbons (Fsp3) is 0.222. The molecule has 0 saturated carbocycles. The number of aromatic nitrogens is 3. The van der Waals surface area contributed by atoms with Crippen LogP contribution >= 0.6 is 0 Å². The third kappa shape index (κ3) is 1.32. The molecule has 0 N–H and O–H groups in total. The van der Waals surface area contributed by atoms with Crippen LogP contribution in [-0.2, 0) is 11.3 Å². The Morgan fingerprint density at radius 3 is 3.00 bits per heavy atom. The van der Waals surface area contributed by atoms with Crippen molar-refractivity contribution >= 4 is 11.3 Å². The van der Waals surface area contributed by atoms with Gasteiger partial charge in [-0.05, 0) is 13.0 Å². The zero-order chi connectivity index (χ0) is 10.1. The van der Waals surface area contributed by atoms with Gasteiger partial charge in [-0.2, -0.15) is 5.10 Å². The third-order valence-corrected chi connectivity index (χ3v) is 1.93. The monoisotopic (exact) mass is 191 g/mol. The Hall–Kier alpha value is -1.91. The minimum absolute atomic E-state index is 0.0454. The molecule has 0 aliphatic heterocycles. The molecule has 0 unspecified atom stereocenters. The van der Waals surface area contributed by atoms with E-state index in [1.54, 1.807) is 24.7 Å². The van der Waals surface area contributed by atoms with Crippen LogP contribution in [0.4, 0.5) is 0 Å². The van der Waals surface area contributed by atoms with Crippen LogP contribution in [0.15, 0.2) is 29.5 Å². The molecule has 0 spiro atoms. The second kappa shape index (κ2) is 3.10. The summed E-state index contributed by atoms with van der Waals surface area (Å²) in [5.74, 6) is -0.0454. The van der Waals surface area contributed by atoms with Crippen molar-refractivity contribution in [3.63, 3.8) is 0 Å². The van der Waals surface area contributed by atoms with Crippen molar-refractivity contribution in [3.8, 4) is 0 Å². The number of nitrogens with zero attached hydrogens (tertiary/aromatic N) is 3. The largest absolute Gasteiger partial charge is 0.305 e. The fourth-order valence-corrected chi connectivity index (χ4v) is 1.33. The molecule has 2 aromatic heterocycles. The Bertz CT molecular complexity index is 538. The van der Waals surface area contributed by atoms with E-state index in [-0.39, 0.29) is 17.9 Å². The summed E-state index contributed by atoms with van der Waals surface area (Å²) in [5.41, 5.74) is 0.286. The number of carbonyl (C=O) groups excluding carboxylic acids is 1. The maximum atomic E-state index is 11.7. The molecule has 0 aliphatic rings. The number of ketones is 1. The zero-order valence-electron chi connectivity index (χ0n) is 7.67. The summed E-state index contributed by atoms with van der Waals surface area (Å²) in [6.45, 7) is 1.56. The van der Waals surface area contributed by atoms with Crippen LogP contribution in [0.2, 0.25) is 0 Å². The van der Waals surface area contributed by atoms with E-state index in [4.69, 9.17) is 0 Å². The standard InChI is InChI=1S/C9H9N3O2/c1-7(13)6-11-4-5-12-8(9(11)14)2-3-10-12/h2-5H,6H2,1H3. The Balaban J connectivity index is 2.62. The molecule has 5 nitrogen and oxygen atoms in total. The van der Waals surface area contributed by atoms with Crippen molar-refractivity contribution in [1.29, 1.82) is 0 Å². The number of hydrogen-bond acceptors (Lipinski definition) is 3. The van der Waals surface area contributed by atoms with E-state index in [1.165, 1.54) is 16.0 Å². The van der Waals surface area contributed by atoms with E-state index in [1.807, 2.05) is 0 Å². The van der Waals surface area contributed by atoms with Gasteiger partial charge in [-0.25, -0.2) is 4.52 Å². The lowest BCUT2D eigenvalue weighted by atomic mass is 10.4. The second-order valence-corrected chi connectivity index (χ2v) is 3.09. The molecular formula is C9H9N3O2. The minimum Gasteiger partial charge on any atom is -0.305 e. The summed E-state index contributed by atoms with van der Waals surface area (Å²) >= 11 is 0. The first-order valence-electron chi connectivity index (χ1n) is 4.21. The minimum atomic E-state index is -0.194. The van der Waals surface area contributed by atoms with Crippen molar-refractivity contribution in [3.05, 3.63) is 35.0 Å². The molecule has 2 aromatic rings. The molecule has 0 amide bonds. The first kappa shape index (κ1) is 8.68. The van der Waals surface area contributed by atoms with Gasteiger partial charge in [0.05, 0.1) is 12.7 Å². The summed E-state index contributed by atoms with van der Waals surface area (Å²) in [6, 6.07) is 1.62. The van der Waals surface area contributed by atoms with Gasteiger partial charge in [0.2, 0.25) is 0 Å². The zero-order valence-corrected chi connectivity index (χ0v) is 7.67. The topological polar surface area (TPSA) is 56.4 Å². The summed E-state index contributed by atoms with van der Waals surface area (Å²) in [6.07, 6.45) is 4.76. The Labute approximate surface area is 79.6 Å². The Kier molecular flexibility index (Phi) is 1.92. The lowest BCUT2D eigenvalue weighted by molar-refractivity contribution is -0.117. The summed E-state index contributed by atoms with van der Waals surface area (Å²) in [5, 5.41) is 3.92. The van der Waals surface area contributed by atoms with Gasteiger partial charge in [0.15, 0.2) is 0 Å². The van der Waals surface area contributed by atoms with Crippen LogP contribution < -0.4 is 5.56 Å². The van der Waals surface area contributed by atoms with Gasteiger partial charge in [0, 0.05) is 12.4 Å². The Morgan fingerprint density at radius 2 is 2.29 bits per heavy atom. The van der Waals surface area contributed by atoms with E-state index in [0.29, 0.717) is 5.52 Å². The van der Waals surface area contributed by atoms with Gasteiger partial charge in [-0.1, -0.05) is 0 Å². The molecule has 0 bridgehead atoms. The first-order chi connectivity index (χ1) is 6.68. The molecule has 0 fully saturated rings. The number of fused-ring (bicyclic) bond motifs is 1. The predicted octanol–water partition coefficient (Wildman–Crippen LogP) is 0.0850. The van der Waals surface area contributed by atoms with Gasteiger partial charge in [-0.15, -0.1) is 0 Å². The fourth-order valence-electron chi connectivity index (χ4n) is 1.33. The molecule has 5 heteroatoms. The first-order valence-corrected chi connectivity index (χ1v) is 4.21. The maximum Gasteiger partial charge on any atom is 0.276 e. The van der Waals surface area contributed by atoms with Crippen LogP contribution in [-0.4, -0.2) is 20.0 Å². The van der Waals surface area contributed by atoms with Gasteiger partial charge in [0.1, 0.15) is 11.3 Å². The maximum absolute atomic E-state index is 11.7. The van der Waals surface area contributed by atoms with E-state index >= 15 is 0 Å². The molecule has 2 heterocycles. The highest BCUT2D eigenvalue weighted by atomic mass is 16.1. The molecule has 0 radical (unpaired) electrons. The van der Waals surface area contributed by atoms with Crippen LogP contribution in [0.1, 0.15) is 6.92 Å². The van der Waals surface area contributed by atoms with Crippen molar-refractivity contribution in [2.75, 3.05) is 0 Å². The Morgan fingerprint density at radius 1 is 1.50 bits per heavy atom. The van der Waals surface area contributed by atoms with Crippen molar-refractivity contribution in [1.82, 2.24) is 14.2 Å². The summed E-state index contributed by atoms with van der Waals surface area (Å²) in [7, 11) is 0. The van der Waals surface area contributed by atoms with Gasteiger partial charge in [-0.3, -0.25) is 9.59 Å². The average molecular weight is 191 g/mol. The van der Waals surface area contributed by atoms with Crippen molar-refractivity contribution in [2.24, 2.45) is 0 Å². The molecule has 0 saturated heterocycles. The molecule has 0 atom stereocenters. The lowest BCUT2D eigenvalue weighted by Gasteiger charge is -2.02. The smallest absolute Gasteiger partial charge is 0.276 e. The van der Waals surface area contributed by atoms with Crippen LogP contribution in [0, 0.1) is 0 Å². The van der Waals surface area contributed by atoms with Crippen molar-refractivity contribution < 1.29 is 4.79 Å². The lowest BCUT2D eigenvalue weighted by Crippen LogP contribution is -2.23. The molecule has 72 valence electrons. The summed E-state index contributed by atoms with van der Waals surface area (Å²) < 4.78 is 2.86. The summed E-state index contributed by atoms with van der Waals surface area (Å²) in [4.78, 5) is 22.5. The quantitative estimate of drug-likeness (QED) is 0.675. The molecule has 2 rings (SSSR count). The second-order valence-electron chi connectivity index (χ2n) is 3.09. The average Bonchev–Trinajstić information content (AvgIpc) is 2.57. The normalized spacial score (nSPS) is 10.6. The number of hydrogen-bond donors (Lipinski definition) is 0.